The molecular formula is C6H9BO8. The quantitative estimate of drug-likeness (QED) is 0.359. The molecule has 0 amide bonds. The number of hydrogen-bond donors (Lipinski definition) is 4. The fraction of sp³-hybridized carbons (Fsp3) is 0.500. The lowest BCUT2D eigenvalue weighted by molar-refractivity contribution is -0.169. The Morgan fingerprint density at radius 2 is 1.73 bits per heavy atom. The average molecular weight is 220 g/mol. The van der Waals surface area contributed by atoms with Crippen LogP contribution in [0.25, 0.3) is 0 Å². The predicted molar refractivity (Wildman–Crippen MR) is 44.9 cm³/mol. The van der Waals surface area contributed by atoms with E-state index in [0.29, 0.717) is 0 Å². The van der Waals surface area contributed by atoms with E-state index in [0.717, 1.165) is 0 Å². The van der Waals surface area contributed by atoms with Crippen LogP contribution in [-0.2, 0) is 19.0 Å². The monoisotopic (exact) mass is 220 g/mol. The second kappa shape index (κ2) is 5.32. The van der Waals surface area contributed by atoms with Crippen LogP contribution in [0.5, 0.6) is 0 Å². The zero-order valence-electron chi connectivity index (χ0n) is 7.54. The minimum atomic E-state index is -2.72. The molecule has 0 aromatic rings. The van der Waals surface area contributed by atoms with Crippen LogP contribution in [0.3, 0.4) is 0 Å². The van der Waals surface area contributed by atoms with Gasteiger partial charge in [-0.15, -0.1) is 0 Å². The first kappa shape index (κ1) is 13.4. The van der Waals surface area contributed by atoms with E-state index >= 15 is 0 Å². The topological polar surface area (TPSA) is 141 Å². The molecular weight excluding hydrogens is 211 g/mol. The molecule has 8 nitrogen and oxygen atoms in total. The smallest absolute Gasteiger partial charge is 0.506 e. The van der Waals surface area contributed by atoms with Gasteiger partial charge in [0.1, 0.15) is 0 Å². The van der Waals surface area contributed by atoms with Crippen LogP contribution in [0, 0.1) is 0 Å². The highest BCUT2D eigenvalue weighted by molar-refractivity contribution is 6.20. The molecule has 0 saturated carbocycles. The van der Waals surface area contributed by atoms with E-state index in [2.05, 4.69) is 4.65 Å². The molecule has 4 N–H and O–H groups in total. The Morgan fingerprint density at radius 3 is 2.07 bits per heavy atom. The van der Waals surface area contributed by atoms with E-state index in [1.54, 1.807) is 0 Å². The van der Waals surface area contributed by atoms with Gasteiger partial charge in [-0.3, -0.25) is 9.59 Å². The van der Waals surface area contributed by atoms with Crippen molar-refractivity contribution in [2.24, 2.45) is 0 Å². The lowest BCUT2D eigenvalue weighted by Crippen LogP contribution is -2.43. The summed E-state index contributed by atoms with van der Waals surface area (Å²) in [7, 11) is -0.971. The summed E-state index contributed by atoms with van der Waals surface area (Å²) >= 11 is 0. The summed E-state index contributed by atoms with van der Waals surface area (Å²) in [6.45, 7) is 0. The van der Waals surface area contributed by atoms with E-state index in [-0.39, 0.29) is 0 Å². The second-order valence-corrected chi connectivity index (χ2v) is 2.73. The number of rotatable bonds is 6. The van der Waals surface area contributed by atoms with Crippen LogP contribution in [0.2, 0.25) is 0 Å². The van der Waals surface area contributed by atoms with Gasteiger partial charge in [-0.05, 0) is 0 Å². The molecule has 0 fully saturated rings. The maximum Gasteiger partial charge on any atom is 0.506 e. The molecule has 0 rings (SSSR count). The first-order valence-electron chi connectivity index (χ1n) is 3.76. The van der Waals surface area contributed by atoms with E-state index in [4.69, 9.17) is 15.2 Å². The SMILES string of the molecule is O=C(O)CC(O)(CC(=O)OBO)C(=O)O. The number of carboxylic acid groups (broad SMARTS) is 2. The van der Waals surface area contributed by atoms with Crippen molar-refractivity contribution < 1.29 is 39.4 Å². The van der Waals surface area contributed by atoms with Crippen molar-refractivity contribution in [1.82, 2.24) is 0 Å². The number of carboxylic acids is 2. The predicted octanol–water partition coefficient (Wildman–Crippen LogP) is -2.53. The van der Waals surface area contributed by atoms with Gasteiger partial charge in [0.15, 0.2) is 5.60 Å². The van der Waals surface area contributed by atoms with Gasteiger partial charge < -0.3 is 25.0 Å². The van der Waals surface area contributed by atoms with Gasteiger partial charge in [-0.25, -0.2) is 4.79 Å². The lowest BCUT2D eigenvalue weighted by Gasteiger charge is -2.19. The van der Waals surface area contributed by atoms with E-state index in [1.165, 1.54) is 0 Å². The minimum absolute atomic E-state index is 0.971. The maximum atomic E-state index is 10.7. The summed E-state index contributed by atoms with van der Waals surface area (Å²) in [5.41, 5.74) is -2.72. The van der Waals surface area contributed by atoms with Gasteiger partial charge in [0.05, 0.1) is 12.8 Å². The molecule has 0 aromatic heterocycles. The van der Waals surface area contributed by atoms with Gasteiger partial charge in [0.25, 0.3) is 5.97 Å². The zero-order valence-corrected chi connectivity index (χ0v) is 7.54. The molecule has 0 bridgehead atoms. The zero-order chi connectivity index (χ0) is 12.1. The molecule has 1 atom stereocenters. The molecule has 0 aliphatic carbocycles. The summed E-state index contributed by atoms with van der Waals surface area (Å²) < 4.78 is 3.97. The van der Waals surface area contributed by atoms with Gasteiger partial charge in [-0.2, -0.15) is 0 Å². The summed E-state index contributed by atoms with van der Waals surface area (Å²) in [5, 5.41) is 34.3. The number of carbonyl (C=O) groups excluding carboxylic acids is 1. The first-order valence-corrected chi connectivity index (χ1v) is 3.76. The van der Waals surface area contributed by atoms with Gasteiger partial charge in [-0.1, -0.05) is 0 Å². The van der Waals surface area contributed by atoms with Crippen LogP contribution >= 0.6 is 0 Å². The molecule has 9 heteroatoms. The summed E-state index contributed by atoms with van der Waals surface area (Å²) in [5.74, 6) is -4.62. The molecule has 0 aliphatic rings. The highest BCUT2D eigenvalue weighted by Crippen LogP contribution is 2.16. The van der Waals surface area contributed by atoms with Crippen LogP contribution in [0.1, 0.15) is 12.8 Å². The Bertz CT molecular complexity index is 276. The molecule has 0 heterocycles. The first-order chi connectivity index (χ1) is 6.81. The van der Waals surface area contributed by atoms with Crippen molar-refractivity contribution in [2.45, 2.75) is 18.4 Å². The Kier molecular flexibility index (Phi) is 4.75. The fourth-order valence-corrected chi connectivity index (χ4v) is 0.826. The Labute approximate surface area is 84.4 Å². The Morgan fingerprint density at radius 1 is 1.20 bits per heavy atom. The molecule has 0 aliphatic heterocycles. The van der Waals surface area contributed by atoms with E-state index in [1.807, 2.05) is 0 Å². The van der Waals surface area contributed by atoms with Crippen LogP contribution < -0.4 is 0 Å². The molecule has 15 heavy (non-hydrogen) atoms. The molecule has 0 saturated heterocycles. The fourth-order valence-electron chi connectivity index (χ4n) is 0.826. The Hall–Kier alpha value is -1.61. The van der Waals surface area contributed by atoms with E-state index < -0.39 is 44.0 Å². The number of hydrogen-bond acceptors (Lipinski definition) is 6. The summed E-state index contributed by atoms with van der Waals surface area (Å²) in [6.07, 6.45) is -2.18. The van der Waals surface area contributed by atoms with Gasteiger partial charge >= 0.3 is 19.6 Å². The third-order valence-corrected chi connectivity index (χ3v) is 1.50. The number of aliphatic hydroxyl groups is 1. The Balaban J connectivity index is 4.58. The largest absolute Gasteiger partial charge is 0.512 e. The summed E-state index contributed by atoms with van der Waals surface area (Å²) in [4.78, 5) is 31.5. The van der Waals surface area contributed by atoms with Crippen LogP contribution in [0.15, 0.2) is 0 Å². The average Bonchev–Trinajstić information content (AvgIpc) is 2.01. The number of carbonyl (C=O) groups is 3. The summed E-state index contributed by atoms with van der Waals surface area (Å²) in [6, 6.07) is 0. The van der Waals surface area contributed by atoms with Gasteiger partial charge in [0.2, 0.25) is 0 Å². The lowest BCUT2D eigenvalue weighted by atomic mass is 9.96. The van der Waals surface area contributed by atoms with E-state index in [9.17, 15) is 19.5 Å². The highest BCUT2D eigenvalue weighted by atomic mass is 16.6. The van der Waals surface area contributed by atoms with Crippen molar-refractivity contribution in [2.75, 3.05) is 0 Å². The molecule has 0 aromatic carbocycles. The standard InChI is InChI=1S/C6H9BO8/c8-3(9)1-6(13,5(11)12)2-4(10)15-7-14/h7,13-14H,1-2H2,(H,8,9)(H,11,12). The van der Waals surface area contributed by atoms with Crippen LogP contribution in [0.4, 0.5) is 0 Å². The molecule has 84 valence electrons. The molecule has 1 unspecified atom stereocenters. The van der Waals surface area contributed by atoms with Crippen molar-refractivity contribution in [1.29, 1.82) is 0 Å². The molecule has 0 spiro atoms. The minimum Gasteiger partial charge on any atom is -0.512 e. The normalized spacial score (nSPS) is 13.7. The highest BCUT2D eigenvalue weighted by Gasteiger charge is 2.41. The van der Waals surface area contributed by atoms with Crippen molar-refractivity contribution >= 4 is 25.6 Å². The van der Waals surface area contributed by atoms with Crippen molar-refractivity contribution in [3.8, 4) is 0 Å². The van der Waals surface area contributed by atoms with Crippen LogP contribution in [-0.4, -0.2) is 51.5 Å². The van der Waals surface area contributed by atoms with Crippen molar-refractivity contribution in [3.05, 3.63) is 0 Å². The third kappa shape index (κ3) is 4.43. The maximum absolute atomic E-state index is 10.7. The molecule has 0 radical (unpaired) electrons. The van der Waals surface area contributed by atoms with Crippen molar-refractivity contribution in [3.63, 3.8) is 0 Å². The second-order valence-electron chi connectivity index (χ2n) is 2.73. The number of aliphatic carboxylic acids is 2. The third-order valence-electron chi connectivity index (χ3n) is 1.50. The van der Waals surface area contributed by atoms with Gasteiger partial charge in [0, 0.05) is 0 Å².